The monoisotopic (exact) mass is 527 g/mol. The van der Waals surface area contributed by atoms with Gasteiger partial charge in [0.1, 0.15) is 11.8 Å². The van der Waals surface area contributed by atoms with Crippen molar-refractivity contribution in [3.05, 3.63) is 77.8 Å². The third-order valence-electron chi connectivity index (χ3n) is 6.20. The zero-order valence-corrected chi connectivity index (χ0v) is 20.9. The molecule has 2 aliphatic rings. The summed E-state index contributed by atoms with van der Waals surface area (Å²) in [5.74, 6) is -0.443. The van der Waals surface area contributed by atoms with E-state index < -0.39 is 28.7 Å². The number of pyridine rings is 1. The van der Waals surface area contributed by atoms with Crippen molar-refractivity contribution in [1.29, 1.82) is 5.26 Å². The SMILES string of the molecule is CC1(C)C(=O)N(c2ccc(C#N)c(C(F)(F)F)c2)C(=S)N1CCCOC1C=CC(c2ccncc2)=CN1. The molecule has 1 fully saturated rings. The van der Waals surface area contributed by atoms with Gasteiger partial charge in [0.15, 0.2) is 5.11 Å². The molecule has 7 nitrogen and oxygen atoms in total. The Morgan fingerprint density at radius 2 is 1.97 bits per heavy atom. The summed E-state index contributed by atoms with van der Waals surface area (Å²) >= 11 is 5.51. The summed E-state index contributed by atoms with van der Waals surface area (Å²) in [6.07, 6.45) is 4.63. The molecule has 1 aromatic heterocycles. The van der Waals surface area contributed by atoms with Crippen molar-refractivity contribution in [2.75, 3.05) is 18.1 Å². The smallest absolute Gasteiger partial charge is 0.362 e. The van der Waals surface area contributed by atoms with E-state index in [1.165, 1.54) is 6.07 Å². The van der Waals surface area contributed by atoms with Crippen molar-refractivity contribution in [2.45, 2.75) is 38.2 Å². The van der Waals surface area contributed by atoms with Gasteiger partial charge >= 0.3 is 6.18 Å². The molecule has 1 saturated heterocycles. The molecule has 11 heteroatoms. The molecule has 3 heterocycles. The highest BCUT2D eigenvalue weighted by atomic mass is 32.1. The number of carbonyl (C=O) groups excluding carboxylic acids is 1. The number of halogens is 3. The average molecular weight is 528 g/mol. The van der Waals surface area contributed by atoms with Crippen LogP contribution in [-0.2, 0) is 15.7 Å². The van der Waals surface area contributed by atoms with Gasteiger partial charge in [0, 0.05) is 25.1 Å². The number of nitrogens with one attached hydrogen (secondary N) is 1. The first-order valence-corrected chi connectivity index (χ1v) is 11.9. The van der Waals surface area contributed by atoms with E-state index in [1.807, 2.05) is 30.5 Å². The summed E-state index contributed by atoms with van der Waals surface area (Å²) in [7, 11) is 0. The van der Waals surface area contributed by atoms with Gasteiger partial charge in [-0.05, 0) is 80.0 Å². The Labute approximate surface area is 217 Å². The van der Waals surface area contributed by atoms with Crippen LogP contribution in [0.3, 0.4) is 0 Å². The standard InChI is InChI=1S/C26H24F3N5O2S/c1-25(2)23(35)34(20-6-4-18(15-30)21(14-20)26(27,28)29)24(37)33(25)12-3-13-36-22-7-5-19(16-32-22)17-8-10-31-11-9-17/h4-11,14,16,22,32H,3,12-13H2,1-2H3. The second-order valence-corrected chi connectivity index (χ2v) is 9.34. The zero-order valence-electron chi connectivity index (χ0n) is 20.1. The minimum Gasteiger partial charge on any atom is -0.362 e. The van der Waals surface area contributed by atoms with Crippen molar-refractivity contribution >= 4 is 34.5 Å². The van der Waals surface area contributed by atoms with E-state index in [1.54, 1.807) is 37.2 Å². The predicted octanol–water partition coefficient (Wildman–Crippen LogP) is 4.62. The van der Waals surface area contributed by atoms with Gasteiger partial charge < -0.3 is 15.0 Å². The lowest BCUT2D eigenvalue weighted by Gasteiger charge is -2.29. The van der Waals surface area contributed by atoms with Crippen molar-refractivity contribution in [1.82, 2.24) is 15.2 Å². The molecule has 2 aromatic rings. The number of hydrogen-bond acceptors (Lipinski definition) is 6. The maximum Gasteiger partial charge on any atom is 0.417 e. The Morgan fingerprint density at radius 1 is 1.24 bits per heavy atom. The van der Waals surface area contributed by atoms with Gasteiger partial charge in [0.2, 0.25) is 0 Å². The maximum absolute atomic E-state index is 13.5. The summed E-state index contributed by atoms with van der Waals surface area (Å²) in [5.41, 5.74) is -0.685. The number of carbonyl (C=O) groups is 1. The summed E-state index contributed by atoms with van der Waals surface area (Å²) in [6.45, 7) is 4.07. The third kappa shape index (κ3) is 5.35. The molecule has 4 rings (SSSR count). The molecular weight excluding hydrogens is 503 g/mol. The Kier molecular flexibility index (Phi) is 7.34. The van der Waals surface area contributed by atoms with Crippen LogP contribution in [0.25, 0.3) is 5.57 Å². The van der Waals surface area contributed by atoms with Crippen LogP contribution in [-0.4, -0.2) is 45.8 Å². The fraction of sp³-hybridized carbons (Fsp3) is 0.308. The number of alkyl halides is 3. The molecule has 0 radical (unpaired) electrons. The second kappa shape index (κ2) is 10.3. The van der Waals surface area contributed by atoms with Gasteiger partial charge in [0.05, 0.1) is 29.5 Å². The Bertz CT molecular complexity index is 1300. The molecular formula is C26H24F3N5O2S. The second-order valence-electron chi connectivity index (χ2n) is 8.98. The fourth-order valence-electron chi connectivity index (χ4n) is 4.17. The normalized spacial score (nSPS) is 19.0. The minimum absolute atomic E-state index is 0.0264. The molecule has 1 amide bonds. The number of anilines is 1. The van der Waals surface area contributed by atoms with Crippen molar-refractivity contribution in [3.63, 3.8) is 0 Å². The van der Waals surface area contributed by atoms with E-state index in [0.717, 1.165) is 28.2 Å². The van der Waals surface area contributed by atoms with E-state index in [-0.39, 0.29) is 17.0 Å². The number of nitriles is 1. The number of thiocarbonyl (C=S) groups is 1. The molecule has 0 saturated carbocycles. The molecule has 2 aliphatic heterocycles. The quantitative estimate of drug-likeness (QED) is 0.416. The molecule has 1 aromatic carbocycles. The van der Waals surface area contributed by atoms with Crippen LogP contribution >= 0.6 is 12.2 Å². The lowest BCUT2D eigenvalue weighted by molar-refractivity contribution is -0.137. The number of benzene rings is 1. The minimum atomic E-state index is -4.74. The zero-order chi connectivity index (χ0) is 26.8. The van der Waals surface area contributed by atoms with E-state index >= 15 is 0 Å². The van der Waals surface area contributed by atoms with Crippen molar-refractivity contribution < 1.29 is 22.7 Å². The Balaban J connectivity index is 1.38. The number of dihydropyridines is 1. The van der Waals surface area contributed by atoms with Gasteiger partial charge in [-0.2, -0.15) is 18.4 Å². The molecule has 1 unspecified atom stereocenters. The van der Waals surface area contributed by atoms with Crippen LogP contribution in [0.2, 0.25) is 0 Å². The van der Waals surface area contributed by atoms with Gasteiger partial charge in [0.25, 0.3) is 5.91 Å². The van der Waals surface area contributed by atoms with E-state index in [2.05, 4.69) is 10.3 Å². The molecule has 37 heavy (non-hydrogen) atoms. The first-order chi connectivity index (χ1) is 17.5. The third-order valence-corrected chi connectivity index (χ3v) is 6.60. The number of ether oxygens (including phenoxy) is 1. The largest absolute Gasteiger partial charge is 0.417 e. The highest BCUT2D eigenvalue weighted by Gasteiger charge is 2.49. The van der Waals surface area contributed by atoms with Crippen LogP contribution in [0.15, 0.2) is 61.1 Å². The number of amides is 1. The van der Waals surface area contributed by atoms with Crippen LogP contribution in [0.4, 0.5) is 18.9 Å². The van der Waals surface area contributed by atoms with Gasteiger partial charge in [-0.1, -0.05) is 6.08 Å². The Hall–Kier alpha value is -3.75. The number of nitrogens with zero attached hydrogens (tertiary/aromatic N) is 4. The van der Waals surface area contributed by atoms with Gasteiger partial charge in [-0.3, -0.25) is 14.7 Å². The summed E-state index contributed by atoms with van der Waals surface area (Å²) in [6, 6.07) is 8.51. The number of aromatic nitrogens is 1. The highest BCUT2D eigenvalue weighted by molar-refractivity contribution is 7.80. The van der Waals surface area contributed by atoms with Crippen LogP contribution in [0, 0.1) is 11.3 Å². The summed E-state index contributed by atoms with van der Waals surface area (Å²) < 4.78 is 46.3. The van der Waals surface area contributed by atoms with Gasteiger partial charge in [-0.15, -0.1) is 0 Å². The molecule has 0 bridgehead atoms. The van der Waals surface area contributed by atoms with Crippen LogP contribution in [0.5, 0.6) is 0 Å². The predicted molar refractivity (Wildman–Crippen MR) is 136 cm³/mol. The van der Waals surface area contributed by atoms with Crippen molar-refractivity contribution in [2.24, 2.45) is 0 Å². The molecule has 1 N–H and O–H groups in total. The van der Waals surface area contributed by atoms with Gasteiger partial charge in [-0.25, -0.2) is 0 Å². The van der Waals surface area contributed by atoms with Crippen LogP contribution in [0.1, 0.15) is 37.0 Å². The first-order valence-electron chi connectivity index (χ1n) is 11.5. The summed E-state index contributed by atoms with van der Waals surface area (Å²) in [4.78, 5) is 20.0. The number of rotatable bonds is 7. The lowest BCUT2D eigenvalue weighted by Crippen LogP contribution is -2.45. The molecule has 0 spiro atoms. The number of allylic oxidation sites excluding steroid dienone is 2. The molecule has 0 aliphatic carbocycles. The summed E-state index contributed by atoms with van der Waals surface area (Å²) in [5, 5.41) is 12.3. The molecule has 192 valence electrons. The lowest BCUT2D eigenvalue weighted by atomic mass is 10.0. The van der Waals surface area contributed by atoms with E-state index in [4.69, 9.17) is 22.2 Å². The topological polar surface area (TPSA) is 81.5 Å². The molecule has 1 atom stereocenters. The van der Waals surface area contributed by atoms with E-state index in [0.29, 0.717) is 19.6 Å². The Morgan fingerprint density at radius 3 is 2.59 bits per heavy atom. The van der Waals surface area contributed by atoms with E-state index in [9.17, 15) is 18.0 Å². The number of hydrogen-bond donors (Lipinski definition) is 1. The maximum atomic E-state index is 13.5. The average Bonchev–Trinajstić information content (AvgIpc) is 3.05. The van der Waals surface area contributed by atoms with Crippen LogP contribution < -0.4 is 10.2 Å². The highest BCUT2D eigenvalue weighted by Crippen LogP contribution is 2.37. The van der Waals surface area contributed by atoms with Crippen molar-refractivity contribution in [3.8, 4) is 6.07 Å². The fourth-order valence-corrected chi connectivity index (χ4v) is 4.68. The first kappa shape index (κ1) is 26.3.